The number of hydrogen-bond donors (Lipinski definition) is 4. The van der Waals surface area contributed by atoms with Crippen LogP contribution in [0.3, 0.4) is 0 Å². The van der Waals surface area contributed by atoms with Crippen LogP contribution in [0.2, 0.25) is 0 Å². The van der Waals surface area contributed by atoms with Crippen molar-refractivity contribution in [3.8, 4) is 0 Å². The monoisotopic (exact) mass is 355 g/mol. The van der Waals surface area contributed by atoms with Gasteiger partial charge in [-0.3, -0.25) is 4.57 Å². The van der Waals surface area contributed by atoms with Crippen molar-refractivity contribution >= 4 is 27.9 Å². The van der Waals surface area contributed by atoms with Crippen LogP contribution in [-0.4, -0.2) is 72.4 Å². The summed E-state index contributed by atoms with van der Waals surface area (Å²) in [5, 5.41) is 20.7. The van der Waals surface area contributed by atoms with Gasteiger partial charge >= 0.3 is 0 Å². The largest absolute Gasteiger partial charge is 0.387 e. The van der Waals surface area contributed by atoms with Gasteiger partial charge in [-0.2, -0.15) is 0 Å². The summed E-state index contributed by atoms with van der Waals surface area (Å²) in [6.07, 6.45) is 2.68. The minimum atomic E-state index is -1.06. The SMILES string of the molecule is C[S+](CCCN)C[C@H]1O[C@@H](n2cnc3c(N)ncnc32)C(O)[C@H]1O. The minimum Gasteiger partial charge on any atom is -0.387 e. The van der Waals surface area contributed by atoms with Crippen molar-refractivity contribution < 1.29 is 14.9 Å². The normalized spacial score (nSPS) is 28.5. The second kappa shape index (κ2) is 7.19. The molecule has 6 N–H and O–H groups in total. The molecule has 2 aromatic rings. The molecule has 0 spiro atoms. The minimum absolute atomic E-state index is 0.0655. The Morgan fingerprint density at radius 1 is 1.29 bits per heavy atom. The first-order chi connectivity index (χ1) is 11.5. The van der Waals surface area contributed by atoms with Crippen molar-refractivity contribution in [1.29, 1.82) is 0 Å². The number of rotatable bonds is 6. The molecular formula is C14H23N6O3S+. The van der Waals surface area contributed by atoms with E-state index in [-0.39, 0.29) is 16.7 Å². The van der Waals surface area contributed by atoms with Crippen LogP contribution in [0.1, 0.15) is 12.6 Å². The lowest BCUT2D eigenvalue weighted by Gasteiger charge is -2.16. The highest BCUT2D eigenvalue weighted by Crippen LogP contribution is 2.32. The van der Waals surface area contributed by atoms with E-state index in [1.807, 2.05) is 0 Å². The standard InChI is InChI=1S/C14H23N6O3S/c1-24(4-2-3-15)5-8-10(21)11(22)14(23-8)20-7-19-9-12(16)17-6-18-13(9)20/h6-8,10-11,14,21-22H,2-5,15H2,1H3,(H2,16,17,18)/q+1/t8-,10+,11?,14-,24?/m1/s1. The third-order valence-corrected chi connectivity index (χ3v) is 6.03. The van der Waals surface area contributed by atoms with Crippen molar-refractivity contribution in [1.82, 2.24) is 19.5 Å². The highest BCUT2D eigenvalue weighted by molar-refractivity contribution is 7.96. The fourth-order valence-corrected chi connectivity index (χ4v) is 4.51. The molecule has 9 nitrogen and oxygen atoms in total. The van der Waals surface area contributed by atoms with E-state index >= 15 is 0 Å². The summed E-state index contributed by atoms with van der Waals surface area (Å²) in [5.41, 5.74) is 12.2. The average Bonchev–Trinajstić information content (AvgIpc) is 3.10. The van der Waals surface area contributed by atoms with Crippen molar-refractivity contribution in [2.45, 2.75) is 31.0 Å². The molecule has 3 heterocycles. The van der Waals surface area contributed by atoms with Gasteiger partial charge in [0.15, 0.2) is 17.7 Å². The number of ether oxygens (including phenoxy) is 1. The molecule has 0 radical (unpaired) electrons. The van der Waals surface area contributed by atoms with Crippen LogP contribution in [0.4, 0.5) is 5.82 Å². The molecule has 1 aliphatic heterocycles. The van der Waals surface area contributed by atoms with Gasteiger partial charge < -0.3 is 26.4 Å². The second-order valence-corrected chi connectivity index (χ2v) is 8.23. The van der Waals surface area contributed by atoms with Crippen LogP contribution in [0, 0.1) is 0 Å². The maximum atomic E-state index is 10.4. The van der Waals surface area contributed by atoms with Crippen molar-refractivity contribution in [3.63, 3.8) is 0 Å². The molecule has 10 heteroatoms. The van der Waals surface area contributed by atoms with E-state index in [0.717, 1.165) is 12.2 Å². The van der Waals surface area contributed by atoms with Crippen molar-refractivity contribution in [2.75, 3.05) is 30.0 Å². The van der Waals surface area contributed by atoms with Crippen LogP contribution in [-0.2, 0) is 15.6 Å². The fraction of sp³-hybridized carbons (Fsp3) is 0.643. The molecule has 24 heavy (non-hydrogen) atoms. The lowest BCUT2D eigenvalue weighted by Crippen LogP contribution is -2.35. The molecule has 2 unspecified atom stereocenters. The molecule has 0 aliphatic carbocycles. The van der Waals surface area contributed by atoms with E-state index in [1.165, 1.54) is 12.7 Å². The Kier molecular flexibility index (Phi) is 5.21. The van der Waals surface area contributed by atoms with Gasteiger partial charge in [-0.15, -0.1) is 0 Å². The van der Waals surface area contributed by atoms with Crippen LogP contribution in [0.25, 0.3) is 11.2 Å². The number of aliphatic hydroxyl groups is 2. The molecule has 0 aromatic carbocycles. The number of imidazole rings is 1. The van der Waals surface area contributed by atoms with Gasteiger partial charge in [-0.25, -0.2) is 15.0 Å². The summed E-state index contributed by atoms with van der Waals surface area (Å²) in [6, 6.07) is 0. The number of nitrogens with zero attached hydrogens (tertiary/aromatic N) is 4. The summed E-state index contributed by atoms with van der Waals surface area (Å²) < 4.78 is 7.52. The molecule has 1 aliphatic rings. The Bertz CT molecular complexity index is 698. The summed E-state index contributed by atoms with van der Waals surface area (Å²) >= 11 is 0. The second-order valence-electron chi connectivity index (χ2n) is 5.92. The van der Waals surface area contributed by atoms with E-state index in [9.17, 15) is 10.2 Å². The van der Waals surface area contributed by atoms with E-state index < -0.39 is 24.5 Å². The number of aromatic nitrogens is 4. The summed E-state index contributed by atoms with van der Waals surface area (Å²) in [7, 11) is 0.0655. The third kappa shape index (κ3) is 3.20. The summed E-state index contributed by atoms with van der Waals surface area (Å²) in [6.45, 7) is 0.652. The van der Waals surface area contributed by atoms with E-state index in [2.05, 4.69) is 21.2 Å². The molecule has 2 aromatic heterocycles. The zero-order chi connectivity index (χ0) is 17.3. The molecule has 5 atom stereocenters. The fourth-order valence-electron chi connectivity index (χ4n) is 2.85. The van der Waals surface area contributed by atoms with Crippen LogP contribution in [0.15, 0.2) is 12.7 Å². The molecular weight excluding hydrogens is 332 g/mol. The Balaban J connectivity index is 1.78. The number of nitrogens with two attached hydrogens (primary N) is 2. The van der Waals surface area contributed by atoms with Crippen molar-refractivity contribution in [3.05, 3.63) is 12.7 Å². The predicted molar refractivity (Wildman–Crippen MR) is 92.4 cm³/mol. The lowest BCUT2D eigenvalue weighted by molar-refractivity contribution is -0.0290. The third-order valence-electron chi connectivity index (χ3n) is 4.14. The molecule has 0 saturated carbocycles. The van der Waals surface area contributed by atoms with Crippen LogP contribution in [0.5, 0.6) is 0 Å². The molecule has 0 bridgehead atoms. The van der Waals surface area contributed by atoms with Gasteiger partial charge in [-0.05, 0) is 17.4 Å². The highest BCUT2D eigenvalue weighted by Gasteiger charge is 2.46. The number of aliphatic hydroxyl groups excluding tert-OH is 2. The van der Waals surface area contributed by atoms with Gasteiger partial charge in [0.05, 0.1) is 12.6 Å². The highest BCUT2D eigenvalue weighted by atomic mass is 32.2. The molecule has 132 valence electrons. The maximum absolute atomic E-state index is 10.4. The first kappa shape index (κ1) is 17.4. The first-order valence-electron chi connectivity index (χ1n) is 7.76. The van der Waals surface area contributed by atoms with E-state index in [4.69, 9.17) is 16.2 Å². The van der Waals surface area contributed by atoms with Gasteiger partial charge in [0.1, 0.15) is 41.7 Å². The van der Waals surface area contributed by atoms with Gasteiger partial charge in [0.2, 0.25) is 0 Å². The summed E-state index contributed by atoms with van der Waals surface area (Å²) in [4.78, 5) is 12.2. The van der Waals surface area contributed by atoms with E-state index in [0.29, 0.717) is 23.5 Å². The number of nitrogen functional groups attached to an aromatic ring is 1. The Hall–Kier alpha value is -1.46. The summed E-state index contributed by atoms with van der Waals surface area (Å²) in [5.74, 6) is 1.93. The Morgan fingerprint density at radius 3 is 2.83 bits per heavy atom. The molecule has 1 fully saturated rings. The Morgan fingerprint density at radius 2 is 2.08 bits per heavy atom. The van der Waals surface area contributed by atoms with Crippen LogP contribution < -0.4 is 11.5 Å². The zero-order valence-electron chi connectivity index (χ0n) is 13.4. The predicted octanol–water partition coefficient (Wildman–Crippen LogP) is -1.38. The molecule has 0 amide bonds. The quantitative estimate of drug-likeness (QED) is 0.464. The topological polar surface area (TPSA) is 145 Å². The molecule has 1 saturated heterocycles. The van der Waals surface area contributed by atoms with E-state index in [1.54, 1.807) is 4.57 Å². The number of anilines is 1. The van der Waals surface area contributed by atoms with Gasteiger partial charge in [0, 0.05) is 6.42 Å². The lowest BCUT2D eigenvalue weighted by atomic mass is 10.1. The average molecular weight is 355 g/mol. The van der Waals surface area contributed by atoms with Crippen molar-refractivity contribution in [2.24, 2.45) is 5.73 Å². The first-order valence-corrected chi connectivity index (χ1v) is 9.74. The maximum Gasteiger partial charge on any atom is 0.167 e. The smallest absolute Gasteiger partial charge is 0.167 e. The Labute approximate surface area is 142 Å². The zero-order valence-corrected chi connectivity index (χ0v) is 14.3. The van der Waals surface area contributed by atoms with Crippen LogP contribution >= 0.6 is 0 Å². The number of hydrogen-bond acceptors (Lipinski definition) is 8. The van der Waals surface area contributed by atoms with Gasteiger partial charge in [-0.1, -0.05) is 0 Å². The number of fused-ring (bicyclic) bond motifs is 1. The van der Waals surface area contributed by atoms with Gasteiger partial charge in [0.25, 0.3) is 0 Å². The molecule has 3 rings (SSSR count).